The van der Waals surface area contributed by atoms with Gasteiger partial charge < -0.3 is 14.1 Å². The number of hydrogen-bond donors (Lipinski definition) is 0. The molecule has 1 atom stereocenters. The lowest BCUT2D eigenvalue weighted by Crippen LogP contribution is -2.31. The lowest BCUT2D eigenvalue weighted by atomic mass is 10.1. The summed E-state index contributed by atoms with van der Waals surface area (Å²) < 4.78 is 12.8. The quantitative estimate of drug-likeness (QED) is 0.637. The van der Waals surface area contributed by atoms with E-state index in [1.54, 1.807) is 80.4 Å². The van der Waals surface area contributed by atoms with Crippen molar-refractivity contribution in [2.75, 3.05) is 14.1 Å². The zero-order valence-electron chi connectivity index (χ0n) is 15.7. The van der Waals surface area contributed by atoms with E-state index in [-0.39, 0.29) is 28.7 Å². The predicted molar refractivity (Wildman–Crippen MR) is 101 cm³/mol. The Kier molecular flexibility index (Phi) is 5.32. The Morgan fingerprint density at radius 2 is 1.79 bits per heavy atom. The smallest absolute Gasteiger partial charge is 0.344 e. The summed E-state index contributed by atoms with van der Waals surface area (Å²) in [6.45, 7) is 1.58. The average Bonchev–Trinajstić information content (AvgIpc) is 3.33. The minimum atomic E-state index is -1.13. The van der Waals surface area contributed by atoms with Gasteiger partial charge in [0, 0.05) is 32.1 Å². The Hall–Kier alpha value is -3.79. The number of carbonyl (C=O) groups is 2. The summed E-state index contributed by atoms with van der Waals surface area (Å²) in [6, 6.07) is 14.3. The molecule has 0 unspecified atom stereocenters. The van der Waals surface area contributed by atoms with Gasteiger partial charge in [-0.3, -0.25) is 9.36 Å². The Balaban J connectivity index is 1.99. The third-order valence-corrected chi connectivity index (χ3v) is 4.21. The van der Waals surface area contributed by atoms with Gasteiger partial charge in [-0.15, -0.1) is 0 Å². The SMILES string of the molecule is Cc1oc(-n2cccc2)c(C#N)c1C(=O)O[C@@H](C(=O)N(C)C)c1ccccc1. The van der Waals surface area contributed by atoms with Crippen LogP contribution in [0.3, 0.4) is 0 Å². The van der Waals surface area contributed by atoms with Gasteiger partial charge in [-0.2, -0.15) is 5.26 Å². The van der Waals surface area contributed by atoms with E-state index in [0.717, 1.165) is 0 Å². The van der Waals surface area contributed by atoms with E-state index >= 15 is 0 Å². The van der Waals surface area contributed by atoms with Gasteiger partial charge in [0.1, 0.15) is 23.0 Å². The van der Waals surface area contributed by atoms with Crippen LogP contribution in [0, 0.1) is 18.3 Å². The average molecular weight is 377 g/mol. The number of aromatic nitrogens is 1. The van der Waals surface area contributed by atoms with Crippen LogP contribution in [-0.2, 0) is 9.53 Å². The molecule has 7 nitrogen and oxygen atoms in total. The molecule has 0 saturated carbocycles. The summed E-state index contributed by atoms with van der Waals surface area (Å²) >= 11 is 0. The molecule has 0 radical (unpaired) electrons. The second-order valence-corrected chi connectivity index (χ2v) is 6.34. The van der Waals surface area contributed by atoms with Crippen LogP contribution in [0.2, 0.25) is 0 Å². The van der Waals surface area contributed by atoms with Crippen molar-refractivity contribution in [3.05, 3.63) is 77.3 Å². The molecule has 0 bridgehead atoms. The van der Waals surface area contributed by atoms with Crippen molar-refractivity contribution in [3.8, 4) is 12.0 Å². The van der Waals surface area contributed by atoms with E-state index in [0.29, 0.717) is 5.56 Å². The van der Waals surface area contributed by atoms with Crippen LogP contribution in [-0.4, -0.2) is 35.4 Å². The van der Waals surface area contributed by atoms with Crippen LogP contribution >= 0.6 is 0 Å². The molecule has 1 amide bonds. The second kappa shape index (κ2) is 7.84. The minimum absolute atomic E-state index is 0.0127. The van der Waals surface area contributed by atoms with Crippen molar-refractivity contribution in [2.24, 2.45) is 0 Å². The predicted octanol–water partition coefficient (Wildman–Crippen LogP) is 3.24. The summed E-state index contributed by atoms with van der Waals surface area (Å²) in [6.07, 6.45) is 2.28. The molecule has 0 spiro atoms. The molecular formula is C21H19N3O4. The van der Waals surface area contributed by atoms with Crippen LogP contribution in [0.4, 0.5) is 0 Å². The fourth-order valence-corrected chi connectivity index (χ4v) is 2.82. The molecule has 3 rings (SSSR count). The first-order chi connectivity index (χ1) is 13.4. The normalized spacial score (nSPS) is 11.5. The number of aryl methyl sites for hydroxylation is 1. The maximum Gasteiger partial charge on any atom is 0.344 e. The third-order valence-electron chi connectivity index (χ3n) is 4.21. The van der Waals surface area contributed by atoms with Crippen molar-refractivity contribution in [3.63, 3.8) is 0 Å². The minimum Gasteiger partial charge on any atom is -0.444 e. The molecule has 2 heterocycles. The van der Waals surface area contributed by atoms with Crippen LogP contribution in [0.1, 0.15) is 33.3 Å². The molecule has 0 aliphatic rings. The molecule has 0 N–H and O–H groups in total. The number of furan rings is 1. The van der Waals surface area contributed by atoms with Crippen molar-refractivity contribution in [2.45, 2.75) is 13.0 Å². The van der Waals surface area contributed by atoms with Crippen molar-refractivity contribution < 1.29 is 18.7 Å². The Bertz CT molecular complexity index is 1030. The number of nitriles is 1. The summed E-state index contributed by atoms with van der Waals surface area (Å²) in [5.74, 6) is -0.702. The molecule has 2 aromatic heterocycles. The van der Waals surface area contributed by atoms with E-state index in [2.05, 4.69) is 0 Å². The second-order valence-electron chi connectivity index (χ2n) is 6.34. The molecule has 0 aliphatic carbocycles. The van der Waals surface area contributed by atoms with E-state index in [1.165, 1.54) is 4.90 Å². The number of esters is 1. The number of likely N-dealkylation sites (N-methyl/N-ethyl adjacent to an activating group) is 1. The summed E-state index contributed by atoms with van der Waals surface area (Å²) in [5.41, 5.74) is 0.612. The maximum absolute atomic E-state index is 12.9. The lowest BCUT2D eigenvalue weighted by molar-refractivity contribution is -0.138. The topological polar surface area (TPSA) is 88.5 Å². The zero-order valence-corrected chi connectivity index (χ0v) is 15.7. The molecule has 7 heteroatoms. The lowest BCUT2D eigenvalue weighted by Gasteiger charge is -2.21. The first-order valence-electron chi connectivity index (χ1n) is 8.58. The summed E-state index contributed by atoms with van der Waals surface area (Å²) in [7, 11) is 3.17. The van der Waals surface area contributed by atoms with Crippen LogP contribution in [0.15, 0.2) is 59.3 Å². The molecule has 3 aromatic rings. The van der Waals surface area contributed by atoms with Gasteiger partial charge in [0.2, 0.25) is 12.0 Å². The highest BCUT2D eigenvalue weighted by Crippen LogP contribution is 2.28. The largest absolute Gasteiger partial charge is 0.444 e. The number of amides is 1. The molecule has 142 valence electrons. The first-order valence-corrected chi connectivity index (χ1v) is 8.58. The van der Waals surface area contributed by atoms with Gasteiger partial charge in [-0.05, 0) is 19.1 Å². The van der Waals surface area contributed by atoms with Gasteiger partial charge in [-0.1, -0.05) is 30.3 Å². The Labute approximate surface area is 162 Å². The van der Waals surface area contributed by atoms with E-state index < -0.39 is 12.1 Å². The van der Waals surface area contributed by atoms with E-state index in [4.69, 9.17) is 9.15 Å². The molecule has 28 heavy (non-hydrogen) atoms. The van der Waals surface area contributed by atoms with E-state index in [9.17, 15) is 14.9 Å². The van der Waals surface area contributed by atoms with E-state index in [1.807, 2.05) is 6.07 Å². The fourth-order valence-electron chi connectivity index (χ4n) is 2.82. The number of carbonyl (C=O) groups excluding carboxylic acids is 2. The number of hydrogen-bond acceptors (Lipinski definition) is 5. The highest BCUT2D eigenvalue weighted by Gasteiger charge is 2.31. The van der Waals surface area contributed by atoms with Crippen molar-refractivity contribution in [1.29, 1.82) is 5.26 Å². The fraction of sp³-hybridized carbons (Fsp3) is 0.190. The first kappa shape index (κ1) is 19.0. The number of benzene rings is 1. The highest BCUT2D eigenvalue weighted by atomic mass is 16.5. The van der Waals surface area contributed by atoms with Gasteiger partial charge in [0.15, 0.2) is 0 Å². The van der Waals surface area contributed by atoms with Crippen molar-refractivity contribution in [1.82, 2.24) is 9.47 Å². The van der Waals surface area contributed by atoms with Crippen LogP contribution < -0.4 is 0 Å². The maximum atomic E-state index is 12.9. The highest BCUT2D eigenvalue weighted by molar-refractivity contribution is 5.96. The number of rotatable bonds is 5. The van der Waals surface area contributed by atoms with Crippen molar-refractivity contribution >= 4 is 11.9 Å². The van der Waals surface area contributed by atoms with Crippen LogP contribution in [0.5, 0.6) is 0 Å². The molecule has 0 aliphatic heterocycles. The Morgan fingerprint density at radius 3 is 2.36 bits per heavy atom. The molecule has 0 fully saturated rings. The standard InChI is InChI=1S/C21H19N3O4/c1-14-17(16(13-22)20(27-14)24-11-7-8-12-24)21(26)28-18(19(25)23(2)3)15-9-5-4-6-10-15/h4-12,18H,1-3H3/t18-/m1/s1. The van der Waals surface area contributed by atoms with Gasteiger partial charge >= 0.3 is 5.97 Å². The molecule has 1 aromatic carbocycles. The third kappa shape index (κ3) is 3.53. The molecular weight excluding hydrogens is 358 g/mol. The Morgan fingerprint density at radius 1 is 1.14 bits per heavy atom. The summed E-state index contributed by atoms with van der Waals surface area (Å²) in [4.78, 5) is 26.9. The van der Waals surface area contributed by atoms with Gasteiger partial charge in [-0.25, -0.2) is 4.79 Å². The van der Waals surface area contributed by atoms with Crippen LogP contribution in [0.25, 0.3) is 5.88 Å². The zero-order chi connectivity index (χ0) is 20.3. The molecule has 0 saturated heterocycles. The number of nitrogens with zero attached hydrogens (tertiary/aromatic N) is 3. The van der Waals surface area contributed by atoms with Gasteiger partial charge in [0.05, 0.1) is 0 Å². The van der Waals surface area contributed by atoms with Gasteiger partial charge in [0.25, 0.3) is 5.91 Å². The number of ether oxygens (including phenoxy) is 1. The summed E-state index contributed by atoms with van der Waals surface area (Å²) in [5, 5.41) is 9.60. The monoisotopic (exact) mass is 377 g/mol.